The first-order chi connectivity index (χ1) is 41.7. The fourth-order valence-corrected chi connectivity index (χ4v) is 11.8. The largest absolute Gasteiger partial charge is 0.416 e. The maximum atomic E-state index is 14.7. The highest BCUT2D eigenvalue weighted by molar-refractivity contribution is 6.14. The molecule has 0 fully saturated rings. The van der Waals surface area contributed by atoms with E-state index in [1.54, 1.807) is 78.9 Å². The number of fused-ring (bicyclic) bond motifs is 6. The van der Waals surface area contributed by atoms with E-state index in [1.807, 2.05) is 130 Å². The first-order valence-electron chi connectivity index (χ1n) is 26.8. The van der Waals surface area contributed by atoms with Gasteiger partial charge in [-0.05, 0) is 177 Å². The SMILES string of the molecule is N#Cc1ccc(-n2c3ccc(-c4ccccc4C#N)cc3c3cc(-c4ccccc4C#N)ccc32)c(-c2cc(-c3cc(C(F)(F)F)cc(C(F)(F)F)c3)ccc2-n2c3ccc(-c4ccccc4C#N)cc3c3cc(-c4ccccc4C#N)ccc32)c1. The van der Waals surface area contributed by atoms with Crippen molar-refractivity contribution in [3.8, 4) is 108 Å². The summed E-state index contributed by atoms with van der Waals surface area (Å²) in [6, 6.07) is 74.5. The number of halogens is 6. The second-order valence-corrected chi connectivity index (χ2v) is 20.6. The van der Waals surface area contributed by atoms with Gasteiger partial charge < -0.3 is 9.13 Å². The summed E-state index contributed by atoms with van der Waals surface area (Å²) in [4.78, 5) is 0. The Labute approximate surface area is 487 Å². The molecular weight excluding hydrogens is 1090 g/mol. The van der Waals surface area contributed by atoms with Crippen LogP contribution in [0.15, 0.2) is 224 Å². The molecule has 13 rings (SSSR count). The third-order valence-electron chi connectivity index (χ3n) is 15.8. The van der Waals surface area contributed by atoms with Gasteiger partial charge in [-0.15, -0.1) is 0 Å². The Morgan fingerprint density at radius 2 is 0.581 bits per heavy atom. The minimum Gasteiger partial charge on any atom is -0.309 e. The van der Waals surface area contributed by atoms with Gasteiger partial charge in [-0.1, -0.05) is 103 Å². The molecule has 0 unspecified atom stereocenters. The zero-order valence-corrected chi connectivity index (χ0v) is 44.8. The Morgan fingerprint density at radius 3 is 0.907 bits per heavy atom. The zero-order valence-electron chi connectivity index (χ0n) is 44.8. The smallest absolute Gasteiger partial charge is 0.309 e. The van der Waals surface area contributed by atoms with E-state index in [4.69, 9.17) is 0 Å². The van der Waals surface area contributed by atoms with Gasteiger partial charge in [-0.3, -0.25) is 0 Å². The van der Waals surface area contributed by atoms with Crippen molar-refractivity contribution in [1.29, 1.82) is 26.3 Å². The third kappa shape index (κ3) is 9.09. The van der Waals surface area contributed by atoms with Crippen molar-refractivity contribution in [1.82, 2.24) is 9.13 Å². The lowest BCUT2D eigenvalue weighted by atomic mass is 9.93. The van der Waals surface area contributed by atoms with E-state index < -0.39 is 23.5 Å². The second-order valence-electron chi connectivity index (χ2n) is 20.6. The maximum absolute atomic E-state index is 14.7. The van der Waals surface area contributed by atoms with Crippen LogP contribution in [0.4, 0.5) is 26.3 Å². The van der Waals surface area contributed by atoms with E-state index in [-0.39, 0.29) is 22.8 Å². The van der Waals surface area contributed by atoms with Crippen molar-refractivity contribution >= 4 is 43.6 Å². The molecule has 86 heavy (non-hydrogen) atoms. The first kappa shape index (κ1) is 53.4. The molecular formula is C73H37F6N7. The summed E-state index contributed by atoms with van der Waals surface area (Å²) in [7, 11) is 0. The highest BCUT2D eigenvalue weighted by Gasteiger charge is 2.37. The fraction of sp³-hybridized carbons (Fsp3) is 0.0274. The van der Waals surface area contributed by atoms with E-state index >= 15 is 0 Å². The van der Waals surface area contributed by atoms with Crippen molar-refractivity contribution in [2.75, 3.05) is 0 Å². The normalized spacial score (nSPS) is 11.5. The summed E-state index contributed by atoms with van der Waals surface area (Å²) in [6.07, 6.45) is -10.3. The Morgan fingerprint density at radius 1 is 0.267 bits per heavy atom. The van der Waals surface area contributed by atoms with Crippen LogP contribution in [0.5, 0.6) is 0 Å². The zero-order chi connectivity index (χ0) is 59.6. The van der Waals surface area contributed by atoms with Gasteiger partial charge >= 0.3 is 12.4 Å². The fourth-order valence-electron chi connectivity index (χ4n) is 11.8. The number of aromatic nitrogens is 2. The van der Waals surface area contributed by atoms with E-state index in [9.17, 15) is 52.7 Å². The van der Waals surface area contributed by atoms with Crippen LogP contribution in [-0.4, -0.2) is 9.13 Å². The van der Waals surface area contributed by atoms with Crippen LogP contribution in [0.2, 0.25) is 0 Å². The van der Waals surface area contributed by atoms with Crippen LogP contribution in [-0.2, 0) is 12.4 Å². The predicted octanol–water partition coefficient (Wildman–Crippen LogP) is 19.3. The lowest BCUT2D eigenvalue weighted by molar-refractivity contribution is -0.143. The molecule has 0 amide bonds. The van der Waals surface area contributed by atoms with Gasteiger partial charge in [0.05, 0.1) is 103 Å². The van der Waals surface area contributed by atoms with Crippen LogP contribution >= 0.6 is 0 Å². The molecule has 2 heterocycles. The monoisotopic (exact) mass is 1130 g/mol. The number of hydrogen-bond acceptors (Lipinski definition) is 5. The summed E-state index contributed by atoms with van der Waals surface area (Å²) in [5.74, 6) is 0. The molecule has 0 aliphatic heterocycles. The van der Waals surface area contributed by atoms with Crippen molar-refractivity contribution in [3.05, 3.63) is 263 Å². The molecule has 0 atom stereocenters. The van der Waals surface area contributed by atoms with Gasteiger partial charge in [-0.25, -0.2) is 0 Å². The van der Waals surface area contributed by atoms with Crippen molar-refractivity contribution in [2.45, 2.75) is 12.4 Å². The number of benzene rings is 11. The summed E-state index contributed by atoms with van der Waals surface area (Å²) >= 11 is 0. The summed E-state index contributed by atoms with van der Waals surface area (Å²) in [6.45, 7) is 0. The van der Waals surface area contributed by atoms with Crippen LogP contribution < -0.4 is 0 Å². The highest BCUT2D eigenvalue weighted by Crippen LogP contribution is 2.47. The molecule has 11 aromatic carbocycles. The molecule has 2 aromatic heterocycles. The van der Waals surface area contributed by atoms with E-state index in [1.165, 1.54) is 6.07 Å². The molecule has 0 spiro atoms. The molecule has 0 radical (unpaired) electrons. The van der Waals surface area contributed by atoms with Gasteiger partial charge in [0, 0.05) is 32.7 Å². The number of hydrogen-bond donors (Lipinski definition) is 0. The second kappa shape index (κ2) is 20.8. The molecule has 406 valence electrons. The van der Waals surface area contributed by atoms with Crippen molar-refractivity contribution in [3.63, 3.8) is 0 Å². The average Bonchev–Trinajstić information content (AvgIpc) is 1.65. The first-order valence-corrected chi connectivity index (χ1v) is 26.8. The lowest BCUT2D eigenvalue weighted by Gasteiger charge is -2.21. The van der Waals surface area contributed by atoms with Crippen LogP contribution in [0.3, 0.4) is 0 Å². The molecule has 13 aromatic rings. The van der Waals surface area contributed by atoms with Crippen molar-refractivity contribution < 1.29 is 26.3 Å². The van der Waals surface area contributed by atoms with E-state index in [0.717, 1.165) is 21.9 Å². The molecule has 0 aliphatic carbocycles. The molecule has 0 bridgehead atoms. The minimum atomic E-state index is -5.15. The average molecular weight is 1130 g/mol. The molecule has 13 heteroatoms. The Bertz CT molecular complexity index is 4980. The standard InChI is InChI=1S/C73H37F6N7/c74-72(75,76)54-30-53(31-55(37-54)73(77,78)79)44-18-24-67(86-70-27-21-47(58-15-7-3-11-51(58)41-83)35-64(70)65-36-48(22-28-71(65)86)59-16-8-4-12-52(59)42-84)61(32-44)60-29-43(38-80)17-23-66(60)85-68-25-19-45(56-13-5-1-9-49(56)39-81)33-62(68)63-34-46(20-26-69(63)85)57-14-6-2-10-50(57)40-82/h1-37H. The van der Waals surface area contributed by atoms with Crippen LogP contribution in [0.25, 0.3) is 122 Å². The third-order valence-corrected chi connectivity index (χ3v) is 15.8. The van der Waals surface area contributed by atoms with E-state index in [0.29, 0.717) is 123 Å². The van der Waals surface area contributed by atoms with Gasteiger partial charge in [0.1, 0.15) is 0 Å². The quantitative estimate of drug-likeness (QED) is 0.140. The van der Waals surface area contributed by atoms with Crippen LogP contribution in [0, 0.1) is 56.7 Å². The van der Waals surface area contributed by atoms with Gasteiger partial charge in [0.2, 0.25) is 0 Å². The summed E-state index contributed by atoms with van der Waals surface area (Å²) in [5, 5.41) is 54.6. The Hall–Kier alpha value is -12.0. The number of nitrogens with zero attached hydrogens (tertiary/aromatic N) is 7. The maximum Gasteiger partial charge on any atom is 0.416 e. The lowest BCUT2D eigenvalue weighted by Crippen LogP contribution is -2.11. The topological polar surface area (TPSA) is 129 Å². The van der Waals surface area contributed by atoms with Gasteiger partial charge in [0.15, 0.2) is 0 Å². The summed E-state index contributed by atoms with van der Waals surface area (Å²) < 4.78 is 92.2. The Balaban J connectivity index is 1.15. The molecule has 0 aliphatic rings. The minimum absolute atomic E-state index is 0.00374. The molecule has 0 N–H and O–H groups in total. The van der Waals surface area contributed by atoms with Gasteiger partial charge in [-0.2, -0.15) is 52.7 Å². The highest BCUT2D eigenvalue weighted by atomic mass is 19.4. The number of rotatable bonds is 8. The predicted molar refractivity (Wildman–Crippen MR) is 321 cm³/mol. The van der Waals surface area contributed by atoms with Gasteiger partial charge in [0.25, 0.3) is 0 Å². The molecule has 0 saturated carbocycles. The van der Waals surface area contributed by atoms with Crippen LogP contribution in [0.1, 0.15) is 38.9 Å². The molecule has 0 saturated heterocycles. The summed E-state index contributed by atoms with van der Waals surface area (Å²) in [5.41, 5.74) is 8.33. The Kier molecular flexibility index (Phi) is 12.9. The van der Waals surface area contributed by atoms with Crippen molar-refractivity contribution in [2.24, 2.45) is 0 Å². The number of nitriles is 5. The molecule has 7 nitrogen and oxygen atoms in total. The number of alkyl halides is 6. The van der Waals surface area contributed by atoms with E-state index in [2.05, 4.69) is 30.3 Å².